The van der Waals surface area contributed by atoms with Crippen molar-refractivity contribution in [2.24, 2.45) is 0 Å². The molecule has 1 fully saturated rings. The summed E-state index contributed by atoms with van der Waals surface area (Å²) >= 11 is 3.49. The smallest absolute Gasteiger partial charge is 0.224 e. The molecule has 2 rings (SSSR count). The SMILES string of the molecule is CCNc1ncc(Br)c(NCCCN2CCCCC2C)n1. The Morgan fingerprint density at radius 1 is 1.38 bits per heavy atom. The minimum absolute atomic E-state index is 0.674. The molecule has 2 heterocycles. The van der Waals surface area contributed by atoms with Crippen LogP contribution in [0.1, 0.15) is 39.5 Å². The third-order valence-electron chi connectivity index (χ3n) is 3.93. The van der Waals surface area contributed by atoms with E-state index in [9.17, 15) is 0 Å². The van der Waals surface area contributed by atoms with Crippen LogP contribution in [0.4, 0.5) is 11.8 Å². The number of aromatic nitrogens is 2. The van der Waals surface area contributed by atoms with Crippen molar-refractivity contribution in [1.82, 2.24) is 14.9 Å². The van der Waals surface area contributed by atoms with Crippen molar-refractivity contribution in [3.8, 4) is 0 Å². The highest BCUT2D eigenvalue weighted by Gasteiger charge is 2.17. The Kier molecular flexibility index (Phi) is 6.70. The fraction of sp³-hybridized carbons (Fsp3) is 0.733. The molecule has 1 atom stereocenters. The van der Waals surface area contributed by atoms with Gasteiger partial charge in [0.05, 0.1) is 4.47 Å². The lowest BCUT2D eigenvalue weighted by atomic mass is 10.0. The summed E-state index contributed by atoms with van der Waals surface area (Å²) in [6.45, 7) is 8.56. The van der Waals surface area contributed by atoms with Crippen molar-refractivity contribution in [2.45, 2.75) is 45.6 Å². The van der Waals surface area contributed by atoms with Crippen LogP contribution in [0.2, 0.25) is 0 Å². The van der Waals surface area contributed by atoms with Crippen molar-refractivity contribution in [3.05, 3.63) is 10.7 Å². The van der Waals surface area contributed by atoms with Crippen molar-refractivity contribution < 1.29 is 0 Å². The lowest BCUT2D eigenvalue weighted by Gasteiger charge is -2.33. The van der Waals surface area contributed by atoms with E-state index in [1.165, 1.54) is 25.8 Å². The highest BCUT2D eigenvalue weighted by atomic mass is 79.9. The van der Waals surface area contributed by atoms with Gasteiger partial charge in [-0.3, -0.25) is 0 Å². The van der Waals surface area contributed by atoms with E-state index in [2.05, 4.69) is 48.4 Å². The summed E-state index contributed by atoms with van der Waals surface area (Å²) in [4.78, 5) is 11.3. The van der Waals surface area contributed by atoms with Gasteiger partial charge < -0.3 is 15.5 Å². The molecule has 1 aliphatic heterocycles. The van der Waals surface area contributed by atoms with Gasteiger partial charge in [-0.2, -0.15) is 4.98 Å². The van der Waals surface area contributed by atoms with Crippen LogP contribution >= 0.6 is 15.9 Å². The van der Waals surface area contributed by atoms with Crippen molar-refractivity contribution in [3.63, 3.8) is 0 Å². The van der Waals surface area contributed by atoms with Gasteiger partial charge in [-0.1, -0.05) is 6.42 Å². The first kappa shape index (κ1) is 16.5. The van der Waals surface area contributed by atoms with Crippen LogP contribution in [0.5, 0.6) is 0 Å². The van der Waals surface area contributed by atoms with E-state index in [4.69, 9.17) is 0 Å². The van der Waals surface area contributed by atoms with E-state index in [1.807, 2.05) is 6.92 Å². The van der Waals surface area contributed by atoms with E-state index in [0.29, 0.717) is 5.95 Å². The first-order chi connectivity index (χ1) is 10.2. The fourth-order valence-electron chi connectivity index (χ4n) is 2.71. The van der Waals surface area contributed by atoms with Gasteiger partial charge in [0.1, 0.15) is 5.82 Å². The lowest BCUT2D eigenvalue weighted by molar-refractivity contribution is 0.160. The predicted octanol–water partition coefficient (Wildman–Crippen LogP) is 3.35. The van der Waals surface area contributed by atoms with Gasteiger partial charge in [0, 0.05) is 31.9 Å². The maximum atomic E-state index is 4.47. The Morgan fingerprint density at radius 3 is 3.00 bits per heavy atom. The highest BCUT2D eigenvalue weighted by Crippen LogP contribution is 2.20. The molecule has 2 N–H and O–H groups in total. The van der Waals surface area contributed by atoms with Gasteiger partial charge in [-0.15, -0.1) is 0 Å². The average molecular weight is 356 g/mol. The number of nitrogens with one attached hydrogen (secondary N) is 2. The van der Waals surface area contributed by atoms with Crippen LogP contribution in [0.25, 0.3) is 0 Å². The standard InChI is InChI=1S/C15H26BrN5/c1-3-17-15-19-11-13(16)14(20-15)18-8-6-10-21-9-5-4-7-12(21)2/h11-12H,3-10H2,1-2H3,(H2,17,18,19,20). The molecule has 1 saturated heterocycles. The van der Waals surface area contributed by atoms with Crippen LogP contribution in [0.15, 0.2) is 10.7 Å². The summed E-state index contributed by atoms with van der Waals surface area (Å²) in [5.41, 5.74) is 0. The van der Waals surface area contributed by atoms with Crippen LogP contribution in [-0.2, 0) is 0 Å². The summed E-state index contributed by atoms with van der Waals surface area (Å²) in [5.74, 6) is 1.54. The van der Waals surface area contributed by atoms with E-state index in [-0.39, 0.29) is 0 Å². The molecule has 1 aromatic rings. The summed E-state index contributed by atoms with van der Waals surface area (Å²) in [6, 6.07) is 0.741. The first-order valence-corrected chi connectivity index (χ1v) is 8.74. The van der Waals surface area contributed by atoms with E-state index >= 15 is 0 Å². The molecule has 118 valence electrons. The zero-order valence-corrected chi connectivity index (χ0v) is 14.6. The Bertz CT molecular complexity index is 440. The van der Waals surface area contributed by atoms with Crippen LogP contribution in [0.3, 0.4) is 0 Å². The molecule has 0 spiro atoms. The molecule has 0 amide bonds. The predicted molar refractivity (Wildman–Crippen MR) is 91.9 cm³/mol. The maximum Gasteiger partial charge on any atom is 0.224 e. The molecular formula is C15H26BrN5. The normalized spacial score (nSPS) is 19.5. The topological polar surface area (TPSA) is 53.1 Å². The number of rotatable bonds is 7. The third kappa shape index (κ3) is 5.11. The number of nitrogens with zero attached hydrogens (tertiary/aromatic N) is 3. The Morgan fingerprint density at radius 2 is 2.24 bits per heavy atom. The minimum Gasteiger partial charge on any atom is -0.369 e. The van der Waals surface area contributed by atoms with Gasteiger partial charge in [0.2, 0.25) is 5.95 Å². The molecule has 1 aromatic heterocycles. The van der Waals surface area contributed by atoms with Gasteiger partial charge in [-0.05, 0) is 55.6 Å². The fourth-order valence-corrected chi connectivity index (χ4v) is 3.04. The minimum atomic E-state index is 0.674. The molecule has 21 heavy (non-hydrogen) atoms. The van der Waals surface area contributed by atoms with Gasteiger partial charge in [0.15, 0.2) is 0 Å². The monoisotopic (exact) mass is 355 g/mol. The molecule has 5 nitrogen and oxygen atoms in total. The Balaban J connectivity index is 1.76. The number of likely N-dealkylation sites (tertiary alicyclic amines) is 1. The molecule has 1 unspecified atom stereocenters. The van der Waals surface area contributed by atoms with E-state index in [1.54, 1.807) is 6.20 Å². The quantitative estimate of drug-likeness (QED) is 0.734. The van der Waals surface area contributed by atoms with E-state index in [0.717, 1.165) is 42.4 Å². The second-order valence-electron chi connectivity index (χ2n) is 5.58. The molecule has 1 aliphatic rings. The van der Waals surface area contributed by atoms with Crippen LogP contribution in [-0.4, -0.2) is 47.1 Å². The largest absolute Gasteiger partial charge is 0.369 e. The van der Waals surface area contributed by atoms with Crippen molar-refractivity contribution >= 4 is 27.7 Å². The second kappa shape index (κ2) is 8.54. The molecule has 0 radical (unpaired) electrons. The number of hydrogen-bond donors (Lipinski definition) is 2. The van der Waals surface area contributed by atoms with Crippen molar-refractivity contribution in [2.75, 3.05) is 36.8 Å². The number of piperidine rings is 1. The maximum absolute atomic E-state index is 4.47. The van der Waals surface area contributed by atoms with E-state index < -0.39 is 0 Å². The number of halogens is 1. The molecule has 6 heteroatoms. The van der Waals surface area contributed by atoms with Crippen LogP contribution < -0.4 is 10.6 Å². The lowest BCUT2D eigenvalue weighted by Crippen LogP contribution is -2.38. The number of hydrogen-bond acceptors (Lipinski definition) is 5. The highest BCUT2D eigenvalue weighted by molar-refractivity contribution is 9.10. The zero-order valence-electron chi connectivity index (χ0n) is 13.0. The second-order valence-corrected chi connectivity index (χ2v) is 6.44. The molecule has 0 aliphatic carbocycles. The zero-order chi connectivity index (χ0) is 15.1. The van der Waals surface area contributed by atoms with Crippen molar-refractivity contribution in [1.29, 1.82) is 0 Å². The average Bonchev–Trinajstić information content (AvgIpc) is 2.48. The molecular weight excluding hydrogens is 330 g/mol. The van der Waals surface area contributed by atoms with Gasteiger partial charge in [-0.25, -0.2) is 4.98 Å². The first-order valence-electron chi connectivity index (χ1n) is 7.95. The summed E-state index contributed by atoms with van der Waals surface area (Å²) in [5, 5.41) is 6.53. The Labute approximate surface area is 136 Å². The van der Waals surface area contributed by atoms with Gasteiger partial charge in [0.25, 0.3) is 0 Å². The summed E-state index contributed by atoms with van der Waals surface area (Å²) in [6.07, 6.45) is 7.01. The molecule has 0 bridgehead atoms. The van der Waals surface area contributed by atoms with Gasteiger partial charge >= 0.3 is 0 Å². The number of anilines is 2. The van der Waals surface area contributed by atoms with Crippen LogP contribution in [0, 0.1) is 0 Å². The summed E-state index contributed by atoms with van der Waals surface area (Å²) in [7, 11) is 0. The summed E-state index contributed by atoms with van der Waals surface area (Å²) < 4.78 is 0.912. The third-order valence-corrected chi connectivity index (χ3v) is 4.51. The molecule has 0 saturated carbocycles. The molecule has 0 aromatic carbocycles. The Hall–Kier alpha value is -0.880.